The third-order valence-corrected chi connectivity index (χ3v) is 4.79. The van der Waals surface area contributed by atoms with Crippen molar-refractivity contribution in [3.05, 3.63) is 64.2 Å². The molecule has 0 unspecified atom stereocenters. The van der Waals surface area contributed by atoms with E-state index < -0.39 is 5.82 Å². The summed E-state index contributed by atoms with van der Waals surface area (Å²) in [6, 6.07) is 8.03. The number of nitrogens with one attached hydrogen (secondary N) is 2. The number of carbonyl (C=O) groups is 1. The van der Waals surface area contributed by atoms with Gasteiger partial charge in [-0.2, -0.15) is 11.3 Å². The van der Waals surface area contributed by atoms with Crippen LogP contribution in [0, 0.1) is 5.82 Å². The molecule has 1 aromatic carbocycles. The number of carbonyl (C=O) groups excluding carboxylic acids is 1. The molecule has 5 nitrogen and oxygen atoms in total. The number of nitrogens with zero attached hydrogens (tertiary/aromatic N) is 1. The molecule has 1 amide bonds. The molecule has 2 N–H and O–H groups in total. The van der Waals surface area contributed by atoms with Crippen molar-refractivity contribution in [3.8, 4) is 11.5 Å². The molecule has 4 rings (SSSR count). The number of rotatable bonds is 5. The van der Waals surface area contributed by atoms with Gasteiger partial charge in [0.1, 0.15) is 11.6 Å². The number of hydrogen-bond acceptors (Lipinski definition) is 5. The third-order valence-electron chi connectivity index (χ3n) is 4.06. The lowest BCUT2D eigenvalue weighted by Crippen LogP contribution is -2.14. The monoisotopic (exact) mass is 369 g/mol. The molecule has 0 bridgehead atoms. The molecular weight excluding hydrogens is 353 g/mol. The van der Waals surface area contributed by atoms with E-state index in [0.29, 0.717) is 11.4 Å². The maximum Gasteiger partial charge on any atom is 0.228 e. The summed E-state index contributed by atoms with van der Waals surface area (Å²) in [5.41, 5.74) is 2.28. The van der Waals surface area contributed by atoms with Crippen LogP contribution in [0.2, 0.25) is 0 Å². The molecule has 0 atom stereocenters. The van der Waals surface area contributed by atoms with Gasteiger partial charge < -0.3 is 15.4 Å². The van der Waals surface area contributed by atoms with E-state index in [-0.39, 0.29) is 18.1 Å². The van der Waals surface area contributed by atoms with Crippen molar-refractivity contribution in [3.63, 3.8) is 0 Å². The lowest BCUT2D eigenvalue weighted by atomic mass is 10.2. The first-order valence-electron chi connectivity index (χ1n) is 8.19. The summed E-state index contributed by atoms with van der Waals surface area (Å²) in [7, 11) is 0. The second-order valence-corrected chi connectivity index (χ2v) is 6.70. The molecule has 0 saturated carbocycles. The zero-order valence-corrected chi connectivity index (χ0v) is 14.6. The van der Waals surface area contributed by atoms with Crippen LogP contribution in [-0.2, 0) is 17.6 Å². The van der Waals surface area contributed by atoms with Crippen molar-refractivity contribution >= 4 is 28.7 Å². The molecule has 7 heteroatoms. The van der Waals surface area contributed by atoms with Crippen LogP contribution in [0.25, 0.3) is 0 Å². The number of anilines is 2. The highest BCUT2D eigenvalue weighted by Gasteiger charge is 2.18. The highest BCUT2D eigenvalue weighted by molar-refractivity contribution is 7.08. The van der Waals surface area contributed by atoms with Crippen molar-refractivity contribution in [1.29, 1.82) is 0 Å². The summed E-state index contributed by atoms with van der Waals surface area (Å²) in [6.45, 7) is 0.792. The van der Waals surface area contributed by atoms with Gasteiger partial charge in [0.15, 0.2) is 11.6 Å². The fraction of sp³-hybridized carbons (Fsp3) is 0.158. The van der Waals surface area contributed by atoms with Crippen molar-refractivity contribution in [1.82, 2.24) is 4.98 Å². The quantitative estimate of drug-likeness (QED) is 0.707. The van der Waals surface area contributed by atoms with Crippen LogP contribution in [0.15, 0.2) is 47.3 Å². The summed E-state index contributed by atoms with van der Waals surface area (Å²) in [4.78, 5) is 16.3. The molecule has 0 fully saturated rings. The summed E-state index contributed by atoms with van der Waals surface area (Å²) >= 11 is 1.54. The fourth-order valence-electron chi connectivity index (χ4n) is 2.83. The molecule has 3 aromatic rings. The maximum atomic E-state index is 14.4. The van der Waals surface area contributed by atoms with Crippen LogP contribution in [0.3, 0.4) is 0 Å². The second-order valence-electron chi connectivity index (χ2n) is 5.92. The highest BCUT2D eigenvalue weighted by atomic mass is 32.1. The molecule has 0 saturated heterocycles. The molecule has 132 valence electrons. The Morgan fingerprint density at radius 1 is 1.31 bits per heavy atom. The SMILES string of the molecule is O=C(Cc1ccsc1)Nc1ccc(Oc2ccnc3c2CCN3)c(F)c1. The standard InChI is InChI=1S/C19H16FN3O2S/c20-15-10-13(23-18(24)9-12-5-8-26-11-12)1-2-17(15)25-16-4-7-22-19-14(16)3-6-21-19/h1-2,4-5,7-8,10-11H,3,6,9H2,(H,21,22)(H,23,24). The molecule has 0 aliphatic carbocycles. The van der Waals surface area contributed by atoms with Gasteiger partial charge in [-0.25, -0.2) is 9.37 Å². The van der Waals surface area contributed by atoms with Gasteiger partial charge in [0.25, 0.3) is 0 Å². The number of halogens is 1. The van der Waals surface area contributed by atoms with Gasteiger partial charge in [-0.15, -0.1) is 0 Å². The predicted octanol–water partition coefficient (Wildman–Crippen LogP) is 4.22. The van der Waals surface area contributed by atoms with Crippen LogP contribution in [0.5, 0.6) is 11.5 Å². The van der Waals surface area contributed by atoms with E-state index >= 15 is 0 Å². The molecule has 3 heterocycles. The fourth-order valence-corrected chi connectivity index (χ4v) is 3.50. The van der Waals surface area contributed by atoms with E-state index in [9.17, 15) is 9.18 Å². The normalized spacial score (nSPS) is 12.3. The van der Waals surface area contributed by atoms with Crippen LogP contribution in [-0.4, -0.2) is 17.4 Å². The summed E-state index contributed by atoms with van der Waals surface area (Å²) in [5, 5.41) is 9.69. The zero-order valence-electron chi connectivity index (χ0n) is 13.8. The number of thiophene rings is 1. The Balaban J connectivity index is 1.46. The Hall–Kier alpha value is -2.93. The largest absolute Gasteiger partial charge is 0.454 e. The Morgan fingerprint density at radius 3 is 3.04 bits per heavy atom. The van der Waals surface area contributed by atoms with Gasteiger partial charge in [0.2, 0.25) is 5.91 Å². The number of benzene rings is 1. The number of pyridine rings is 1. The number of hydrogen-bond donors (Lipinski definition) is 2. The molecule has 0 radical (unpaired) electrons. The molecule has 0 spiro atoms. The van der Waals surface area contributed by atoms with E-state index in [0.717, 1.165) is 29.9 Å². The van der Waals surface area contributed by atoms with Gasteiger partial charge in [-0.1, -0.05) is 0 Å². The number of ether oxygens (including phenoxy) is 1. The summed E-state index contributed by atoms with van der Waals surface area (Å²) in [6.07, 6.45) is 2.68. The molecule has 26 heavy (non-hydrogen) atoms. The first-order chi connectivity index (χ1) is 12.7. The van der Waals surface area contributed by atoms with Crippen molar-refractivity contribution in [2.45, 2.75) is 12.8 Å². The van der Waals surface area contributed by atoms with Crippen LogP contribution in [0.4, 0.5) is 15.9 Å². The van der Waals surface area contributed by atoms with Gasteiger partial charge in [0, 0.05) is 30.1 Å². The Bertz CT molecular complexity index is 944. The minimum Gasteiger partial charge on any atom is -0.454 e. The zero-order chi connectivity index (χ0) is 17.9. The highest BCUT2D eigenvalue weighted by Crippen LogP contribution is 2.34. The lowest BCUT2D eigenvalue weighted by Gasteiger charge is -2.11. The van der Waals surface area contributed by atoms with Crippen LogP contribution in [0.1, 0.15) is 11.1 Å². The average molecular weight is 369 g/mol. The first kappa shape index (κ1) is 16.5. The van der Waals surface area contributed by atoms with E-state index in [1.54, 1.807) is 18.3 Å². The van der Waals surface area contributed by atoms with E-state index in [4.69, 9.17) is 4.74 Å². The molecular formula is C19H16FN3O2S. The van der Waals surface area contributed by atoms with E-state index in [1.165, 1.54) is 23.5 Å². The lowest BCUT2D eigenvalue weighted by molar-refractivity contribution is -0.115. The number of aromatic nitrogens is 1. The molecule has 1 aliphatic heterocycles. The van der Waals surface area contributed by atoms with Gasteiger partial charge in [0.05, 0.1) is 6.42 Å². The molecule has 1 aliphatic rings. The number of fused-ring (bicyclic) bond motifs is 1. The van der Waals surface area contributed by atoms with E-state index in [1.807, 2.05) is 16.8 Å². The van der Waals surface area contributed by atoms with Crippen molar-refractivity contribution < 1.29 is 13.9 Å². The van der Waals surface area contributed by atoms with Crippen LogP contribution < -0.4 is 15.4 Å². The predicted molar refractivity (Wildman–Crippen MR) is 99.6 cm³/mol. The van der Waals surface area contributed by atoms with Gasteiger partial charge >= 0.3 is 0 Å². The summed E-state index contributed by atoms with van der Waals surface area (Å²) in [5.74, 6) is 0.763. The summed E-state index contributed by atoms with van der Waals surface area (Å²) < 4.78 is 20.1. The average Bonchev–Trinajstić information content (AvgIpc) is 3.29. The van der Waals surface area contributed by atoms with Crippen LogP contribution >= 0.6 is 11.3 Å². The smallest absolute Gasteiger partial charge is 0.228 e. The van der Waals surface area contributed by atoms with Crippen molar-refractivity contribution in [2.24, 2.45) is 0 Å². The van der Waals surface area contributed by atoms with Gasteiger partial charge in [-0.05, 0) is 47.0 Å². The van der Waals surface area contributed by atoms with Gasteiger partial charge in [-0.3, -0.25) is 4.79 Å². The Labute approximate surface area is 153 Å². The topological polar surface area (TPSA) is 63.2 Å². The van der Waals surface area contributed by atoms with Crippen molar-refractivity contribution in [2.75, 3.05) is 17.2 Å². The minimum atomic E-state index is -0.533. The van der Waals surface area contributed by atoms with E-state index in [2.05, 4.69) is 15.6 Å². The Kier molecular flexibility index (Phi) is 4.53. The third kappa shape index (κ3) is 3.52. The first-order valence-corrected chi connectivity index (χ1v) is 9.13. The number of amides is 1. The Morgan fingerprint density at radius 2 is 2.23 bits per heavy atom. The molecule has 2 aromatic heterocycles. The minimum absolute atomic E-state index is 0.112. The maximum absolute atomic E-state index is 14.4. The second kappa shape index (κ2) is 7.13.